The standard InChI is InChI=1S/C12H16FN3O4S.ClH/c13-10-5-3-6-11(16(17)18)12(10)21(19,20)15-7-2-1-4-9(15)8-14;/h3,5-6,9H,1-2,4,7-8,14H2;1H. The highest BCUT2D eigenvalue weighted by Crippen LogP contribution is 2.32. The lowest BCUT2D eigenvalue weighted by molar-refractivity contribution is -0.388. The number of sulfonamides is 1. The van der Waals surface area contributed by atoms with Gasteiger partial charge in [0, 0.05) is 25.2 Å². The molecule has 0 amide bonds. The van der Waals surface area contributed by atoms with Crippen LogP contribution in [-0.4, -0.2) is 36.8 Å². The van der Waals surface area contributed by atoms with Gasteiger partial charge in [0.15, 0.2) is 4.90 Å². The Morgan fingerprint density at radius 2 is 2.09 bits per heavy atom. The number of hydrogen-bond acceptors (Lipinski definition) is 5. The summed E-state index contributed by atoms with van der Waals surface area (Å²) in [5, 5.41) is 11.0. The summed E-state index contributed by atoms with van der Waals surface area (Å²) in [6, 6.07) is 2.55. The molecule has 1 aromatic rings. The Morgan fingerprint density at radius 3 is 2.68 bits per heavy atom. The minimum Gasteiger partial charge on any atom is -0.329 e. The van der Waals surface area contributed by atoms with Gasteiger partial charge in [-0.25, -0.2) is 12.8 Å². The zero-order valence-corrected chi connectivity index (χ0v) is 13.3. The molecule has 124 valence electrons. The summed E-state index contributed by atoms with van der Waals surface area (Å²) in [7, 11) is -4.29. The van der Waals surface area contributed by atoms with Crippen LogP contribution in [0.1, 0.15) is 19.3 Å². The van der Waals surface area contributed by atoms with Crippen LogP contribution in [0.5, 0.6) is 0 Å². The molecule has 0 aromatic heterocycles. The molecule has 0 aliphatic carbocycles. The lowest BCUT2D eigenvalue weighted by atomic mass is 10.1. The average molecular weight is 354 g/mol. The Bertz CT molecular complexity index is 656. The van der Waals surface area contributed by atoms with Crippen molar-refractivity contribution in [2.45, 2.75) is 30.2 Å². The van der Waals surface area contributed by atoms with E-state index in [0.717, 1.165) is 28.9 Å². The molecule has 0 spiro atoms. The van der Waals surface area contributed by atoms with Crippen molar-refractivity contribution in [2.24, 2.45) is 5.73 Å². The van der Waals surface area contributed by atoms with Crippen molar-refractivity contribution < 1.29 is 17.7 Å². The fraction of sp³-hybridized carbons (Fsp3) is 0.500. The third-order valence-corrected chi connectivity index (χ3v) is 5.57. The first-order valence-corrected chi connectivity index (χ1v) is 7.98. The Balaban J connectivity index is 0.00000242. The summed E-state index contributed by atoms with van der Waals surface area (Å²) in [5.74, 6) is -1.12. The molecule has 1 fully saturated rings. The number of piperidine rings is 1. The smallest absolute Gasteiger partial charge is 0.292 e. The van der Waals surface area contributed by atoms with E-state index in [9.17, 15) is 22.9 Å². The number of halogens is 2. The van der Waals surface area contributed by atoms with E-state index in [1.807, 2.05) is 0 Å². The molecule has 22 heavy (non-hydrogen) atoms. The van der Waals surface area contributed by atoms with Gasteiger partial charge in [-0.05, 0) is 18.9 Å². The van der Waals surface area contributed by atoms with Crippen LogP contribution in [0.25, 0.3) is 0 Å². The molecule has 0 bridgehead atoms. The minimum atomic E-state index is -4.29. The molecule has 1 aliphatic heterocycles. The number of benzene rings is 1. The first kappa shape index (κ1) is 18.8. The monoisotopic (exact) mass is 353 g/mol. The van der Waals surface area contributed by atoms with Crippen LogP contribution >= 0.6 is 12.4 Å². The van der Waals surface area contributed by atoms with Crippen molar-refractivity contribution in [3.63, 3.8) is 0 Å². The van der Waals surface area contributed by atoms with Crippen molar-refractivity contribution in [1.82, 2.24) is 4.31 Å². The molecule has 2 N–H and O–H groups in total. The molecule has 0 radical (unpaired) electrons. The van der Waals surface area contributed by atoms with Gasteiger partial charge in [0.05, 0.1) is 4.92 Å². The largest absolute Gasteiger partial charge is 0.329 e. The van der Waals surface area contributed by atoms with Gasteiger partial charge in [-0.2, -0.15) is 4.31 Å². The number of nitro benzene ring substituents is 1. The van der Waals surface area contributed by atoms with Gasteiger partial charge < -0.3 is 5.73 Å². The fourth-order valence-corrected chi connectivity index (χ4v) is 4.45. The molecular weight excluding hydrogens is 337 g/mol. The van der Waals surface area contributed by atoms with Crippen molar-refractivity contribution in [1.29, 1.82) is 0 Å². The fourth-order valence-electron chi connectivity index (χ4n) is 2.54. The van der Waals surface area contributed by atoms with Crippen LogP contribution in [0.15, 0.2) is 23.1 Å². The Labute approximate surface area is 133 Å². The van der Waals surface area contributed by atoms with Crippen LogP contribution < -0.4 is 5.73 Å². The zero-order valence-electron chi connectivity index (χ0n) is 11.6. The molecule has 1 unspecified atom stereocenters. The Hall–Kier alpha value is -1.29. The number of rotatable bonds is 4. The van der Waals surface area contributed by atoms with Crippen molar-refractivity contribution >= 4 is 28.1 Å². The summed E-state index contributed by atoms with van der Waals surface area (Å²) in [4.78, 5) is 9.21. The maximum Gasteiger partial charge on any atom is 0.292 e. The first-order chi connectivity index (χ1) is 9.89. The third-order valence-electron chi connectivity index (χ3n) is 3.55. The molecule has 1 aliphatic rings. The van der Waals surface area contributed by atoms with Crippen molar-refractivity contribution in [3.8, 4) is 0 Å². The predicted molar refractivity (Wildman–Crippen MR) is 80.9 cm³/mol. The molecule has 7 nitrogen and oxygen atoms in total. The topological polar surface area (TPSA) is 107 Å². The molecule has 1 heterocycles. The first-order valence-electron chi connectivity index (χ1n) is 6.54. The Kier molecular flexibility index (Phi) is 6.24. The number of hydrogen-bond donors (Lipinski definition) is 1. The van der Waals surface area contributed by atoms with E-state index in [0.29, 0.717) is 12.8 Å². The minimum absolute atomic E-state index is 0. The highest BCUT2D eigenvalue weighted by molar-refractivity contribution is 7.89. The van der Waals surface area contributed by atoms with E-state index in [2.05, 4.69) is 0 Å². The van der Waals surface area contributed by atoms with E-state index in [-0.39, 0.29) is 25.5 Å². The maximum absolute atomic E-state index is 14.0. The SMILES string of the molecule is Cl.NCC1CCCCN1S(=O)(=O)c1c(F)cccc1[N+](=O)[O-]. The predicted octanol–water partition coefficient (Wildman–Crippen LogP) is 1.66. The van der Waals surface area contributed by atoms with E-state index < -0.39 is 37.4 Å². The van der Waals surface area contributed by atoms with Gasteiger partial charge >= 0.3 is 0 Å². The van der Waals surface area contributed by atoms with E-state index in [4.69, 9.17) is 5.73 Å². The molecule has 2 rings (SSSR count). The summed E-state index contributed by atoms with van der Waals surface area (Å²) in [6.07, 6.45) is 2.02. The van der Waals surface area contributed by atoms with E-state index in [1.165, 1.54) is 0 Å². The quantitative estimate of drug-likeness (QED) is 0.654. The van der Waals surface area contributed by atoms with Gasteiger partial charge in [0.25, 0.3) is 15.7 Å². The summed E-state index contributed by atoms with van der Waals surface area (Å²) < 4.78 is 40.3. The van der Waals surface area contributed by atoms with Crippen LogP contribution in [-0.2, 0) is 10.0 Å². The van der Waals surface area contributed by atoms with E-state index >= 15 is 0 Å². The van der Waals surface area contributed by atoms with Gasteiger partial charge in [0.1, 0.15) is 5.82 Å². The molecular formula is C12H17ClFN3O4S. The van der Waals surface area contributed by atoms with Gasteiger partial charge in [0.2, 0.25) is 0 Å². The number of nitro groups is 1. The second-order valence-corrected chi connectivity index (χ2v) is 6.67. The van der Waals surface area contributed by atoms with E-state index in [1.54, 1.807) is 0 Å². The summed E-state index contributed by atoms with van der Waals surface area (Å²) >= 11 is 0. The third kappa shape index (κ3) is 3.37. The van der Waals surface area contributed by atoms with Gasteiger partial charge in [-0.3, -0.25) is 10.1 Å². The normalized spacial score (nSPS) is 19.5. The van der Waals surface area contributed by atoms with Crippen LogP contribution in [0, 0.1) is 15.9 Å². The van der Waals surface area contributed by atoms with Crippen LogP contribution in [0.4, 0.5) is 10.1 Å². The molecule has 10 heteroatoms. The van der Waals surface area contributed by atoms with Crippen LogP contribution in [0.2, 0.25) is 0 Å². The highest BCUT2D eigenvalue weighted by Gasteiger charge is 2.39. The number of nitrogens with two attached hydrogens (primary N) is 1. The summed E-state index contributed by atoms with van der Waals surface area (Å²) in [6.45, 7) is 0.289. The van der Waals surface area contributed by atoms with Crippen molar-refractivity contribution in [2.75, 3.05) is 13.1 Å². The van der Waals surface area contributed by atoms with Crippen molar-refractivity contribution in [3.05, 3.63) is 34.1 Å². The Morgan fingerprint density at radius 1 is 1.41 bits per heavy atom. The highest BCUT2D eigenvalue weighted by atomic mass is 35.5. The van der Waals surface area contributed by atoms with Gasteiger partial charge in [-0.15, -0.1) is 12.4 Å². The molecule has 1 saturated heterocycles. The lowest BCUT2D eigenvalue weighted by Gasteiger charge is -2.33. The molecule has 1 atom stereocenters. The second-order valence-electron chi connectivity index (χ2n) is 4.85. The second kappa shape index (κ2) is 7.32. The zero-order chi connectivity index (χ0) is 15.6. The maximum atomic E-state index is 14.0. The number of nitrogens with zero attached hydrogens (tertiary/aromatic N) is 2. The lowest BCUT2D eigenvalue weighted by Crippen LogP contribution is -2.47. The van der Waals surface area contributed by atoms with Gasteiger partial charge in [-0.1, -0.05) is 12.5 Å². The summed E-state index contributed by atoms with van der Waals surface area (Å²) in [5.41, 5.74) is 4.82. The molecule has 1 aromatic carbocycles. The van der Waals surface area contributed by atoms with Crippen LogP contribution in [0.3, 0.4) is 0 Å². The average Bonchev–Trinajstić information content (AvgIpc) is 2.46. The molecule has 0 saturated carbocycles.